The van der Waals surface area contributed by atoms with Crippen molar-refractivity contribution in [3.05, 3.63) is 0 Å². The van der Waals surface area contributed by atoms with E-state index in [2.05, 4.69) is 19.2 Å². The van der Waals surface area contributed by atoms with Crippen molar-refractivity contribution >= 4 is 11.7 Å². The van der Waals surface area contributed by atoms with E-state index < -0.39 is 0 Å². The summed E-state index contributed by atoms with van der Waals surface area (Å²) in [5, 5.41) is 3.11. The minimum Gasteiger partial charge on any atom is -0.356 e. The average molecular weight is 523 g/mol. The smallest absolute Gasteiger partial charge is 0.223 e. The molecule has 0 aromatic heterocycles. The Hall–Kier alpha value is -0.900. The molecule has 0 aromatic rings. The minimum absolute atomic E-state index is 0.0791. The Kier molecular flexibility index (Phi) is 28.9. The summed E-state index contributed by atoms with van der Waals surface area (Å²) >= 11 is 0. The van der Waals surface area contributed by atoms with Crippen LogP contribution in [0.1, 0.15) is 181 Å². The number of hydrogen-bond donors (Lipinski definition) is 2. The summed E-state index contributed by atoms with van der Waals surface area (Å²) in [5.74, 6) is 0.174. The van der Waals surface area contributed by atoms with Crippen LogP contribution >= 0.6 is 0 Å². The second-order valence-corrected chi connectivity index (χ2v) is 11.5. The topological polar surface area (TPSA) is 72.2 Å². The van der Waals surface area contributed by atoms with Gasteiger partial charge < -0.3 is 11.1 Å². The Labute approximate surface area is 232 Å². The first kappa shape index (κ1) is 36.1. The maximum absolute atomic E-state index is 12.7. The SMILES string of the molecule is CCCCCCCCCCCCCCCCCC(=O)C[C@@H](CCCCN)C(=O)NCCCCCCCC. The third kappa shape index (κ3) is 26.5. The largest absolute Gasteiger partial charge is 0.356 e. The van der Waals surface area contributed by atoms with Crippen molar-refractivity contribution in [3.8, 4) is 0 Å². The van der Waals surface area contributed by atoms with E-state index in [9.17, 15) is 9.59 Å². The van der Waals surface area contributed by atoms with Crippen LogP contribution in [0.3, 0.4) is 0 Å². The lowest BCUT2D eigenvalue weighted by atomic mass is 9.93. The molecular weight excluding hydrogens is 456 g/mol. The third-order valence-corrected chi connectivity index (χ3v) is 7.74. The fourth-order valence-corrected chi connectivity index (χ4v) is 5.19. The van der Waals surface area contributed by atoms with Gasteiger partial charge in [0, 0.05) is 25.3 Å². The molecule has 4 nitrogen and oxygen atoms in total. The number of amides is 1. The van der Waals surface area contributed by atoms with Gasteiger partial charge in [0.2, 0.25) is 5.91 Å². The van der Waals surface area contributed by atoms with E-state index in [1.54, 1.807) is 0 Å². The molecule has 0 radical (unpaired) electrons. The Bertz CT molecular complexity index is 495. The molecule has 220 valence electrons. The molecule has 4 heteroatoms. The van der Waals surface area contributed by atoms with Gasteiger partial charge >= 0.3 is 0 Å². The Morgan fingerprint density at radius 2 is 1.00 bits per heavy atom. The number of unbranched alkanes of at least 4 members (excludes halogenated alkanes) is 20. The maximum Gasteiger partial charge on any atom is 0.223 e. The van der Waals surface area contributed by atoms with E-state index >= 15 is 0 Å². The van der Waals surface area contributed by atoms with Gasteiger partial charge in [0.1, 0.15) is 5.78 Å². The summed E-state index contributed by atoms with van der Waals surface area (Å²) in [4.78, 5) is 25.3. The van der Waals surface area contributed by atoms with E-state index in [-0.39, 0.29) is 17.6 Å². The molecule has 0 fully saturated rings. The molecule has 0 aliphatic rings. The summed E-state index contributed by atoms with van der Waals surface area (Å²) in [5.41, 5.74) is 5.64. The van der Waals surface area contributed by atoms with Crippen LogP contribution in [0.2, 0.25) is 0 Å². The first-order chi connectivity index (χ1) is 18.2. The first-order valence-electron chi connectivity index (χ1n) is 16.6. The molecule has 3 N–H and O–H groups in total. The number of rotatable bonds is 30. The summed E-state index contributed by atoms with van der Waals surface area (Å²) in [7, 11) is 0. The van der Waals surface area contributed by atoms with Crippen LogP contribution in [0, 0.1) is 5.92 Å². The van der Waals surface area contributed by atoms with Crippen LogP contribution in [0.4, 0.5) is 0 Å². The van der Waals surface area contributed by atoms with Gasteiger partial charge in [-0.15, -0.1) is 0 Å². The van der Waals surface area contributed by atoms with Crippen molar-refractivity contribution in [2.75, 3.05) is 13.1 Å². The van der Waals surface area contributed by atoms with Crippen molar-refractivity contribution in [1.29, 1.82) is 0 Å². The molecule has 0 aliphatic heterocycles. The fraction of sp³-hybridized carbons (Fsp3) is 0.939. The van der Waals surface area contributed by atoms with Crippen molar-refractivity contribution in [3.63, 3.8) is 0 Å². The molecule has 1 amide bonds. The van der Waals surface area contributed by atoms with Crippen LogP contribution < -0.4 is 11.1 Å². The van der Waals surface area contributed by atoms with E-state index in [1.807, 2.05) is 0 Å². The molecule has 0 aromatic carbocycles. The second kappa shape index (κ2) is 29.7. The van der Waals surface area contributed by atoms with Crippen LogP contribution in [0.15, 0.2) is 0 Å². The Balaban J connectivity index is 3.82. The number of nitrogens with one attached hydrogen (secondary N) is 1. The van der Waals surface area contributed by atoms with Crippen LogP contribution in [-0.4, -0.2) is 24.8 Å². The summed E-state index contributed by atoms with van der Waals surface area (Å²) < 4.78 is 0. The fourth-order valence-electron chi connectivity index (χ4n) is 5.19. The summed E-state index contributed by atoms with van der Waals surface area (Å²) in [6, 6.07) is 0. The summed E-state index contributed by atoms with van der Waals surface area (Å²) in [6.45, 7) is 5.90. The van der Waals surface area contributed by atoms with E-state index in [4.69, 9.17) is 5.73 Å². The minimum atomic E-state index is -0.171. The zero-order chi connectivity index (χ0) is 27.2. The highest BCUT2D eigenvalue weighted by Gasteiger charge is 2.21. The van der Waals surface area contributed by atoms with E-state index in [0.717, 1.165) is 45.1 Å². The van der Waals surface area contributed by atoms with Gasteiger partial charge in [-0.05, 0) is 32.2 Å². The lowest BCUT2D eigenvalue weighted by molar-refractivity contribution is -0.129. The third-order valence-electron chi connectivity index (χ3n) is 7.74. The zero-order valence-corrected chi connectivity index (χ0v) is 25.3. The average Bonchev–Trinajstić information content (AvgIpc) is 2.89. The molecule has 0 saturated heterocycles. The quantitative estimate of drug-likeness (QED) is 0.0923. The lowest BCUT2D eigenvalue weighted by Crippen LogP contribution is -2.33. The highest BCUT2D eigenvalue weighted by molar-refractivity contribution is 5.86. The standard InChI is InChI=1S/C33H66N2O2/c1-3-5-7-9-11-12-13-14-15-16-17-18-19-20-22-27-32(36)30-31(26-23-24-28-34)33(37)35-29-25-21-10-8-6-4-2/h31H,3-30,34H2,1-2H3,(H,35,37)/t31-/m1/s1. The molecule has 1 atom stereocenters. The summed E-state index contributed by atoms with van der Waals surface area (Å²) in [6.07, 6.45) is 31.0. The van der Waals surface area contributed by atoms with Crippen LogP contribution in [0.25, 0.3) is 0 Å². The van der Waals surface area contributed by atoms with Crippen LogP contribution in [0.5, 0.6) is 0 Å². The van der Waals surface area contributed by atoms with Gasteiger partial charge in [0.05, 0.1) is 0 Å². The molecule has 0 spiro atoms. The van der Waals surface area contributed by atoms with Gasteiger partial charge in [-0.25, -0.2) is 0 Å². The number of ketones is 1. The van der Waals surface area contributed by atoms with Gasteiger partial charge in [-0.3, -0.25) is 9.59 Å². The molecule has 37 heavy (non-hydrogen) atoms. The zero-order valence-electron chi connectivity index (χ0n) is 25.3. The van der Waals surface area contributed by atoms with Gasteiger partial charge in [0.25, 0.3) is 0 Å². The van der Waals surface area contributed by atoms with Crippen molar-refractivity contribution < 1.29 is 9.59 Å². The molecule has 0 aliphatic carbocycles. The predicted molar refractivity (Wildman–Crippen MR) is 162 cm³/mol. The lowest BCUT2D eigenvalue weighted by Gasteiger charge is -2.16. The monoisotopic (exact) mass is 523 g/mol. The molecular formula is C33H66N2O2. The van der Waals surface area contributed by atoms with Crippen LogP contribution in [-0.2, 0) is 9.59 Å². The number of Topliss-reactive ketones (excluding diaryl/α,β-unsaturated/α-hetero) is 1. The molecule has 0 rings (SSSR count). The number of carbonyl (C=O) groups excluding carboxylic acids is 2. The first-order valence-corrected chi connectivity index (χ1v) is 16.6. The predicted octanol–water partition coefficient (Wildman–Crippen LogP) is 9.43. The number of carbonyl (C=O) groups is 2. The van der Waals surface area contributed by atoms with Gasteiger partial charge in [-0.1, -0.05) is 142 Å². The maximum atomic E-state index is 12.7. The molecule has 0 unspecified atom stereocenters. The Morgan fingerprint density at radius 3 is 1.46 bits per heavy atom. The van der Waals surface area contributed by atoms with Crippen molar-refractivity contribution in [2.24, 2.45) is 11.7 Å². The van der Waals surface area contributed by atoms with Crippen molar-refractivity contribution in [1.82, 2.24) is 5.32 Å². The van der Waals surface area contributed by atoms with Crippen molar-refractivity contribution in [2.45, 2.75) is 181 Å². The molecule has 0 heterocycles. The number of nitrogens with two attached hydrogens (primary N) is 1. The van der Waals surface area contributed by atoms with E-state index in [1.165, 1.54) is 116 Å². The second-order valence-electron chi connectivity index (χ2n) is 11.5. The Morgan fingerprint density at radius 1 is 0.568 bits per heavy atom. The number of hydrogen-bond acceptors (Lipinski definition) is 3. The normalized spacial score (nSPS) is 12.1. The molecule has 0 bridgehead atoms. The van der Waals surface area contributed by atoms with E-state index in [0.29, 0.717) is 19.4 Å². The van der Waals surface area contributed by atoms with Gasteiger partial charge in [0.15, 0.2) is 0 Å². The highest BCUT2D eigenvalue weighted by atomic mass is 16.2. The van der Waals surface area contributed by atoms with Gasteiger partial charge in [-0.2, -0.15) is 0 Å². The highest BCUT2D eigenvalue weighted by Crippen LogP contribution is 2.18. The molecule has 0 saturated carbocycles.